The second-order valence-corrected chi connectivity index (χ2v) is 8.96. The summed E-state index contributed by atoms with van der Waals surface area (Å²) in [7, 11) is 3.10. The van der Waals surface area contributed by atoms with Gasteiger partial charge in [0.05, 0.1) is 14.2 Å². The third kappa shape index (κ3) is 3.97. The van der Waals surface area contributed by atoms with Crippen LogP contribution in [0.3, 0.4) is 0 Å². The molecule has 2 N–H and O–H groups in total. The molecule has 1 aromatic carbocycles. The number of nitrogens with two attached hydrogens (primary N) is 1. The van der Waals surface area contributed by atoms with Crippen molar-refractivity contribution in [3.8, 4) is 5.75 Å². The van der Waals surface area contributed by atoms with Gasteiger partial charge in [0.1, 0.15) is 5.75 Å². The van der Waals surface area contributed by atoms with Crippen molar-refractivity contribution < 1.29 is 19.1 Å². The zero-order chi connectivity index (χ0) is 21.3. The highest BCUT2D eigenvalue weighted by Gasteiger charge is 2.50. The van der Waals surface area contributed by atoms with Gasteiger partial charge < -0.3 is 15.2 Å². The molecule has 0 unspecified atom stereocenters. The Kier molecular flexibility index (Phi) is 5.87. The quantitative estimate of drug-likeness (QED) is 0.524. The Labute approximate surface area is 178 Å². The molecule has 6 nitrogen and oxygen atoms in total. The number of piperidine rings is 1. The van der Waals surface area contributed by atoms with Crippen LogP contribution in [0.15, 0.2) is 29.8 Å². The van der Waals surface area contributed by atoms with E-state index in [9.17, 15) is 9.59 Å². The molecular formula is C24H32N2O4. The Balaban J connectivity index is 1.80. The lowest BCUT2D eigenvalue weighted by Crippen LogP contribution is -2.56. The number of carbonyl (C=O) groups is 2. The number of hydrogen-bond acceptors (Lipinski definition) is 5. The molecule has 2 atom stereocenters. The van der Waals surface area contributed by atoms with Gasteiger partial charge in [0.25, 0.3) is 0 Å². The van der Waals surface area contributed by atoms with Gasteiger partial charge in [-0.1, -0.05) is 6.07 Å². The van der Waals surface area contributed by atoms with Crippen LogP contribution in [-0.2, 0) is 26.2 Å². The summed E-state index contributed by atoms with van der Waals surface area (Å²) < 4.78 is 10.6. The van der Waals surface area contributed by atoms with Crippen LogP contribution in [0.1, 0.15) is 49.7 Å². The molecule has 30 heavy (non-hydrogen) atoms. The fourth-order valence-electron chi connectivity index (χ4n) is 5.43. The van der Waals surface area contributed by atoms with Crippen LogP contribution in [0.4, 0.5) is 0 Å². The van der Waals surface area contributed by atoms with Crippen LogP contribution in [0.25, 0.3) is 0 Å². The number of ether oxygens (including phenoxy) is 2. The van der Waals surface area contributed by atoms with E-state index in [2.05, 4.69) is 17.0 Å². The summed E-state index contributed by atoms with van der Waals surface area (Å²) >= 11 is 0. The Hall–Kier alpha value is -2.34. The Bertz CT molecular complexity index is 861. The van der Waals surface area contributed by atoms with E-state index >= 15 is 0 Å². The molecule has 1 saturated heterocycles. The van der Waals surface area contributed by atoms with Crippen molar-refractivity contribution in [3.63, 3.8) is 0 Å². The van der Waals surface area contributed by atoms with Gasteiger partial charge in [0, 0.05) is 30.5 Å². The number of hydrogen-bond donors (Lipinski definition) is 1. The Morgan fingerprint density at radius 3 is 2.77 bits per heavy atom. The van der Waals surface area contributed by atoms with Gasteiger partial charge in [-0.15, -0.1) is 0 Å². The van der Waals surface area contributed by atoms with Crippen molar-refractivity contribution in [2.24, 2.45) is 11.7 Å². The third-order valence-corrected chi connectivity index (χ3v) is 7.11. The molecule has 162 valence electrons. The van der Waals surface area contributed by atoms with Crippen LogP contribution in [0.5, 0.6) is 5.75 Å². The van der Waals surface area contributed by atoms with E-state index in [1.165, 1.54) is 31.1 Å². The average Bonchev–Trinajstić information content (AvgIpc) is 3.55. The van der Waals surface area contributed by atoms with Crippen LogP contribution in [-0.4, -0.2) is 50.1 Å². The third-order valence-electron chi connectivity index (χ3n) is 7.11. The van der Waals surface area contributed by atoms with Crippen molar-refractivity contribution in [1.82, 2.24) is 4.90 Å². The molecule has 2 bridgehead atoms. The first-order valence-corrected chi connectivity index (χ1v) is 11.0. The standard InChI is InChI=1S/C24H32N2O4/c1-29-18-8-7-17-12-21-20(14-23(28)30-2)24(19(17)13-18,9-3-4-22(25)27)10-11-26(21)15-16-5-6-16/h7-8,13-14,16,21H,3-6,9-12,15H2,1-2H3,(H2,25,27)/b20-14+/t21-,24+/m1/s1. The number of esters is 1. The van der Waals surface area contributed by atoms with Gasteiger partial charge >= 0.3 is 5.97 Å². The van der Waals surface area contributed by atoms with Crippen LogP contribution >= 0.6 is 0 Å². The fourth-order valence-corrected chi connectivity index (χ4v) is 5.43. The zero-order valence-corrected chi connectivity index (χ0v) is 18.0. The van der Waals surface area contributed by atoms with Crippen molar-refractivity contribution in [3.05, 3.63) is 41.0 Å². The minimum absolute atomic E-state index is 0.188. The fraction of sp³-hybridized carbons (Fsp3) is 0.583. The monoisotopic (exact) mass is 412 g/mol. The number of primary amides is 1. The van der Waals surface area contributed by atoms with E-state index in [1.807, 2.05) is 6.07 Å². The molecule has 4 rings (SSSR count). The summed E-state index contributed by atoms with van der Waals surface area (Å²) in [4.78, 5) is 26.4. The lowest BCUT2D eigenvalue weighted by molar-refractivity contribution is -0.135. The summed E-state index contributed by atoms with van der Waals surface area (Å²) in [6.45, 7) is 2.08. The molecule has 3 aliphatic rings. The number of rotatable bonds is 8. The molecule has 0 radical (unpaired) electrons. The number of benzene rings is 1. The van der Waals surface area contributed by atoms with Crippen molar-refractivity contribution >= 4 is 11.9 Å². The molecule has 1 heterocycles. The van der Waals surface area contributed by atoms with E-state index < -0.39 is 0 Å². The Morgan fingerprint density at radius 2 is 2.10 bits per heavy atom. The molecule has 1 amide bonds. The van der Waals surface area contributed by atoms with Gasteiger partial charge in [0.2, 0.25) is 5.91 Å². The predicted molar refractivity (Wildman–Crippen MR) is 114 cm³/mol. The summed E-state index contributed by atoms with van der Waals surface area (Å²) in [5.41, 5.74) is 8.81. The number of carbonyl (C=O) groups excluding carboxylic acids is 2. The maximum absolute atomic E-state index is 12.4. The van der Waals surface area contributed by atoms with Crippen molar-refractivity contribution in [2.75, 3.05) is 27.3 Å². The summed E-state index contributed by atoms with van der Waals surface area (Å²) in [5.74, 6) is 1.01. The van der Waals surface area contributed by atoms with Crippen LogP contribution in [0, 0.1) is 5.92 Å². The largest absolute Gasteiger partial charge is 0.497 e. The van der Waals surface area contributed by atoms with Crippen molar-refractivity contribution in [1.29, 1.82) is 0 Å². The molecule has 6 heteroatoms. The van der Waals surface area contributed by atoms with Crippen molar-refractivity contribution in [2.45, 2.75) is 56.4 Å². The first-order valence-electron chi connectivity index (χ1n) is 11.0. The number of methoxy groups -OCH3 is 2. The molecule has 2 fully saturated rings. The number of amides is 1. The van der Waals surface area contributed by atoms with Gasteiger partial charge in [0.15, 0.2) is 0 Å². The highest BCUT2D eigenvalue weighted by atomic mass is 16.5. The first-order chi connectivity index (χ1) is 14.5. The van der Waals surface area contributed by atoms with Crippen LogP contribution < -0.4 is 10.5 Å². The second-order valence-electron chi connectivity index (χ2n) is 8.96. The maximum atomic E-state index is 12.4. The molecular weight excluding hydrogens is 380 g/mol. The van der Waals surface area contributed by atoms with Gasteiger partial charge in [-0.25, -0.2) is 4.79 Å². The highest BCUT2D eigenvalue weighted by Crippen LogP contribution is 2.52. The molecule has 2 aliphatic carbocycles. The number of fused-ring (bicyclic) bond motifs is 4. The van der Waals surface area contributed by atoms with E-state index in [1.54, 1.807) is 13.2 Å². The van der Waals surface area contributed by atoms with E-state index in [-0.39, 0.29) is 23.3 Å². The Morgan fingerprint density at radius 1 is 1.30 bits per heavy atom. The summed E-state index contributed by atoms with van der Waals surface area (Å²) in [5, 5.41) is 0. The van der Waals surface area contributed by atoms with Gasteiger partial charge in [-0.05, 0) is 79.8 Å². The molecule has 0 aromatic heterocycles. The molecule has 1 saturated carbocycles. The maximum Gasteiger partial charge on any atom is 0.330 e. The van der Waals surface area contributed by atoms with Gasteiger partial charge in [-0.3, -0.25) is 9.69 Å². The zero-order valence-electron chi connectivity index (χ0n) is 18.0. The summed E-state index contributed by atoms with van der Waals surface area (Å²) in [6.07, 6.45) is 7.95. The van der Waals surface area contributed by atoms with E-state index in [0.717, 1.165) is 49.6 Å². The smallest absolute Gasteiger partial charge is 0.330 e. The predicted octanol–water partition coefficient (Wildman–Crippen LogP) is 2.73. The minimum Gasteiger partial charge on any atom is -0.497 e. The molecule has 0 spiro atoms. The lowest BCUT2D eigenvalue weighted by atomic mass is 9.58. The van der Waals surface area contributed by atoms with E-state index in [4.69, 9.17) is 15.2 Å². The lowest BCUT2D eigenvalue weighted by Gasteiger charge is -2.54. The SMILES string of the molecule is COC(=O)/C=C1\[C@H]2Cc3ccc(OC)cc3[C@]1(CCCC(N)=O)CCN2CC1CC1. The molecule has 1 aliphatic heterocycles. The number of likely N-dealkylation sites (tertiary alicyclic amines) is 1. The van der Waals surface area contributed by atoms with Gasteiger partial charge in [-0.2, -0.15) is 0 Å². The average molecular weight is 413 g/mol. The highest BCUT2D eigenvalue weighted by molar-refractivity contribution is 5.84. The van der Waals surface area contributed by atoms with E-state index in [0.29, 0.717) is 12.8 Å². The summed E-state index contributed by atoms with van der Waals surface area (Å²) in [6, 6.07) is 6.50. The molecule has 1 aromatic rings. The minimum atomic E-state index is -0.311. The second kappa shape index (κ2) is 8.42. The number of nitrogens with zero attached hydrogens (tertiary/aromatic N) is 1. The topological polar surface area (TPSA) is 81.9 Å². The first kappa shape index (κ1) is 20.9. The van der Waals surface area contributed by atoms with Crippen LogP contribution in [0.2, 0.25) is 0 Å². The normalized spacial score (nSPS) is 26.9.